The first-order valence-electron chi connectivity index (χ1n) is 8.53. The summed E-state index contributed by atoms with van der Waals surface area (Å²) in [4.78, 5) is 16.4. The molecule has 0 fully saturated rings. The van der Waals surface area contributed by atoms with Crippen LogP contribution in [0.25, 0.3) is 22.9 Å². The minimum atomic E-state index is -4.58. The van der Waals surface area contributed by atoms with E-state index in [0.29, 0.717) is 0 Å². The van der Waals surface area contributed by atoms with Gasteiger partial charge in [0.25, 0.3) is 28.0 Å². The largest absolute Gasteiger partial charge is 0.433 e. The number of oxazole rings is 1. The van der Waals surface area contributed by atoms with Crippen molar-refractivity contribution in [1.29, 1.82) is 0 Å². The lowest BCUT2D eigenvalue weighted by molar-refractivity contribution is -0.737. The van der Waals surface area contributed by atoms with Crippen molar-refractivity contribution >= 4 is 15.8 Å². The van der Waals surface area contributed by atoms with Crippen LogP contribution in [-0.2, 0) is 16.7 Å². The van der Waals surface area contributed by atoms with Gasteiger partial charge in [0.2, 0.25) is 0 Å². The first-order chi connectivity index (χ1) is 14.8. The molecule has 2 aromatic carbocycles. The van der Waals surface area contributed by atoms with Crippen LogP contribution in [0.5, 0.6) is 0 Å². The van der Waals surface area contributed by atoms with Gasteiger partial charge in [0.05, 0.1) is 17.1 Å². The highest BCUT2D eigenvalue weighted by Crippen LogP contribution is 2.25. The van der Waals surface area contributed by atoms with Crippen molar-refractivity contribution in [2.45, 2.75) is 11.5 Å². The molecular formula is C17H13N6O7S+. The van der Waals surface area contributed by atoms with E-state index in [9.17, 15) is 28.2 Å². The van der Waals surface area contributed by atoms with Gasteiger partial charge in [-0.25, -0.2) is 0 Å². The van der Waals surface area contributed by atoms with Crippen molar-refractivity contribution in [3.05, 3.63) is 70.8 Å². The van der Waals surface area contributed by atoms with Crippen molar-refractivity contribution in [1.82, 2.24) is 20.0 Å². The number of nitrogens with zero attached hydrogens (tertiary/aromatic N) is 6. The van der Waals surface area contributed by atoms with Crippen LogP contribution in [0, 0.1) is 10.1 Å². The molecule has 0 amide bonds. The second kappa shape index (κ2) is 7.67. The van der Waals surface area contributed by atoms with E-state index in [1.165, 1.54) is 53.5 Å². The molecule has 0 aliphatic heterocycles. The molecule has 0 saturated carbocycles. The van der Waals surface area contributed by atoms with Crippen molar-refractivity contribution < 1.29 is 32.2 Å². The highest BCUT2D eigenvalue weighted by atomic mass is 32.2. The normalized spacial score (nSPS) is 11.5. The Kier molecular flexibility index (Phi) is 5.02. The Morgan fingerprint density at radius 2 is 2.00 bits per heavy atom. The number of aromatic nitrogens is 5. The number of hydrogen-bond acceptors (Lipinski definition) is 9. The first kappa shape index (κ1) is 20.3. The molecule has 0 spiro atoms. The Labute approximate surface area is 173 Å². The summed E-state index contributed by atoms with van der Waals surface area (Å²) in [5, 5.41) is 29.4. The molecule has 0 aliphatic rings. The summed E-state index contributed by atoms with van der Waals surface area (Å²) in [7, 11) is -4.58. The van der Waals surface area contributed by atoms with Crippen molar-refractivity contribution in [2.75, 3.05) is 0 Å². The molecule has 13 nitrogen and oxygen atoms in total. The zero-order chi connectivity index (χ0) is 22.2. The number of nitro groups is 1. The highest BCUT2D eigenvalue weighted by Gasteiger charge is 2.28. The van der Waals surface area contributed by atoms with Gasteiger partial charge in [0, 0.05) is 22.8 Å². The highest BCUT2D eigenvalue weighted by molar-refractivity contribution is 7.86. The van der Waals surface area contributed by atoms with Crippen LogP contribution in [0.2, 0.25) is 0 Å². The average molecular weight is 445 g/mol. The Morgan fingerprint density at radius 1 is 1.23 bits per heavy atom. The van der Waals surface area contributed by atoms with Crippen molar-refractivity contribution in [3.8, 4) is 22.9 Å². The van der Waals surface area contributed by atoms with Crippen molar-refractivity contribution in [2.24, 2.45) is 0 Å². The fourth-order valence-corrected chi connectivity index (χ4v) is 3.57. The van der Waals surface area contributed by atoms with Gasteiger partial charge in [0.15, 0.2) is 6.26 Å². The predicted molar refractivity (Wildman–Crippen MR) is 101 cm³/mol. The second-order valence-corrected chi connectivity index (χ2v) is 7.54. The van der Waals surface area contributed by atoms with Gasteiger partial charge in [-0.1, -0.05) is 17.1 Å². The molecule has 2 heterocycles. The van der Waals surface area contributed by atoms with E-state index >= 15 is 0 Å². The monoisotopic (exact) mass is 445 g/mol. The van der Waals surface area contributed by atoms with Gasteiger partial charge in [-0.3, -0.25) is 14.7 Å². The topological polar surface area (TPSA) is 178 Å². The van der Waals surface area contributed by atoms with Crippen molar-refractivity contribution in [3.63, 3.8) is 0 Å². The molecule has 4 aromatic rings. The number of nitro benzene ring substituents is 1. The molecule has 0 aliphatic carbocycles. The molecule has 0 atom stereocenters. The SMILES string of the molecule is O=[N+]([O-])c1ccc(-n2nc(-c3ccccc3S(=O)(=O)O)n[n+]2-c2cocn2)c(CO)c1. The fraction of sp³-hybridized carbons (Fsp3) is 0.0588. The minimum Gasteiger partial charge on any atom is -0.433 e. The summed E-state index contributed by atoms with van der Waals surface area (Å²) in [6.07, 6.45) is 2.38. The molecule has 0 unspecified atom stereocenters. The zero-order valence-corrected chi connectivity index (χ0v) is 16.2. The maximum atomic E-state index is 11.8. The smallest absolute Gasteiger partial charge is 0.344 e. The van der Waals surface area contributed by atoms with Crippen LogP contribution >= 0.6 is 0 Å². The minimum absolute atomic E-state index is 0.00783. The average Bonchev–Trinajstić information content (AvgIpc) is 3.42. The number of non-ortho nitro benzene ring substituents is 1. The molecule has 14 heteroatoms. The molecule has 2 aromatic heterocycles. The third-order valence-electron chi connectivity index (χ3n) is 4.25. The van der Waals surface area contributed by atoms with Crippen LogP contribution in [0.1, 0.15) is 5.56 Å². The molecular weight excluding hydrogens is 432 g/mol. The van der Waals surface area contributed by atoms with E-state index in [2.05, 4.69) is 15.2 Å². The third kappa shape index (κ3) is 3.77. The Bertz CT molecular complexity index is 1380. The summed E-state index contributed by atoms with van der Waals surface area (Å²) in [5.41, 5.74) is 0.149. The maximum Gasteiger partial charge on any atom is 0.344 e. The van der Waals surface area contributed by atoms with Crippen LogP contribution < -0.4 is 4.80 Å². The number of rotatable bonds is 6. The molecule has 31 heavy (non-hydrogen) atoms. The first-order valence-corrected chi connectivity index (χ1v) is 9.97. The van der Waals surface area contributed by atoms with Crippen LogP contribution in [0.15, 0.2) is 64.4 Å². The number of hydrogen-bond donors (Lipinski definition) is 2. The Hall–Kier alpha value is -4.01. The van der Waals surface area contributed by atoms with E-state index < -0.39 is 26.5 Å². The van der Waals surface area contributed by atoms with E-state index in [1.54, 1.807) is 0 Å². The predicted octanol–water partition coefficient (Wildman–Crippen LogP) is 0.846. The maximum absolute atomic E-state index is 11.8. The summed E-state index contributed by atoms with van der Waals surface area (Å²) in [5.74, 6) is 0.0591. The molecule has 4 rings (SSSR count). The summed E-state index contributed by atoms with van der Waals surface area (Å²) >= 11 is 0. The van der Waals surface area contributed by atoms with Gasteiger partial charge >= 0.3 is 5.82 Å². The van der Waals surface area contributed by atoms with Gasteiger partial charge in [-0.15, -0.1) is 0 Å². The quantitative estimate of drug-likeness (QED) is 0.187. The Morgan fingerprint density at radius 3 is 2.65 bits per heavy atom. The van der Waals surface area contributed by atoms with Crippen LogP contribution in [0.4, 0.5) is 5.69 Å². The van der Waals surface area contributed by atoms with E-state index in [4.69, 9.17) is 4.42 Å². The molecule has 0 saturated heterocycles. The summed E-state index contributed by atoms with van der Waals surface area (Å²) in [6, 6.07) is 9.31. The lowest BCUT2D eigenvalue weighted by Gasteiger charge is -2.05. The fourth-order valence-electron chi connectivity index (χ4n) is 2.88. The van der Waals surface area contributed by atoms with Crippen LogP contribution in [-0.4, -0.2) is 43.0 Å². The van der Waals surface area contributed by atoms with Gasteiger partial charge in [0.1, 0.15) is 10.6 Å². The van der Waals surface area contributed by atoms with E-state index in [0.717, 1.165) is 11.2 Å². The zero-order valence-electron chi connectivity index (χ0n) is 15.4. The van der Waals surface area contributed by atoms with E-state index in [1.807, 2.05) is 0 Å². The van der Waals surface area contributed by atoms with E-state index in [-0.39, 0.29) is 34.1 Å². The summed E-state index contributed by atoms with van der Waals surface area (Å²) in [6.45, 7) is -0.549. The number of tetrazole rings is 1. The second-order valence-electron chi connectivity index (χ2n) is 6.15. The van der Waals surface area contributed by atoms with Crippen LogP contribution in [0.3, 0.4) is 0 Å². The lowest BCUT2D eigenvalue weighted by atomic mass is 10.1. The number of aliphatic hydroxyl groups is 1. The number of aliphatic hydroxyl groups excluding tert-OH is 1. The molecule has 0 radical (unpaired) electrons. The lowest BCUT2D eigenvalue weighted by Crippen LogP contribution is -2.44. The summed E-state index contributed by atoms with van der Waals surface area (Å²) < 4.78 is 38.1. The Balaban J connectivity index is 1.98. The van der Waals surface area contributed by atoms with Gasteiger partial charge < -0.3 is 9.52 Å². The molecule has 0 bridgehead atoms. The molecule has 2 N–H and O–H groups in total. The number of benzene rings is 2. The van der Waals surface area contributed by atoms with Gasteiger partial charge in [-0.05, 0) is 32.9 Å². The third-order valence-corrected chi connectivity index (χ3v) is 5.16. The molecule has 158 valence electrons. The van der Waals surface area contributed by atoms with Gasteiger partial charge in [-0.2, -0.15) is 8.42 Å². The standard InChI is InChI=1S/C17H12N6O7S/c24-8-11-7-12(23(25)26)5-6-14(11)21-19-17(20-22(21)16-9-30-10-18-16)13-3-1-2-4-15(13)31(27,28)29/h1-7,9-10,24H,8H2/p+1.